The summed E-state index contributed by atoms with van der Waals surface area (Å²) in [7, 11) is -2.72. The molecule has 4 N–H and O–H groups in total. The van der Waals surface area contributed by atoms with Crippen LogP contribution < -0.4 is 15.5 Å². The van der Waals surface area contributed by atoms with E-state index in [0.717, 1.165) is 29.8 Å². The molecule has 166 valence electrons. The summed E-state index contributed by atoms with van der Waals surface area (Å²) in [4.78, 5) is 23.6. The highest BCUT2D eigenvalue weighted by atomic mass is 32.3. The molecule has 1 saturated carbocycles. The molecule has 2 aromatic rings. The number of hydrogen-bond donors (Lipinski definition) is 4. The van der Waals surface area contributed by atoms with E-state index in [1.165, 1.54) is 0 Å². The van der Waals surface area contributed by atoms with Crippen LogP contribution in [0.3, 0.4) is 0 Å². The summed E-state index contributed by atoms with van der Waals surface area (Å²) in [5.74, 6) is 1.66. The molecule has 0 unspecified atom stereocenters. The minimum Gasteiger partial charge on any atom is -0.377 e. The minimum atomic E-state index is -2.72. The molecule has 2 fully saturated rings. The number of ether oxygens (including phenoxy) is 1. The molecule has 0 bridgehead atoms. The van der Waals surface area contributed by atoms with Crippen molar-refractivity contribution in [3.8, 4) is 11.4 Å². The minimum absolute atomic E-state index is 0.138. The first-order valence-corrected chi connectivity index (χ1v) is 12.4. The number of urea groups is 1. The average molecular weight is 446 g/mol. The third kappa shape index (κ3) is 4.47. The molecule has 1 aliphatic carbocycles. The molecule has 31 heavy (non-hydrogen) atoms. The smallest absolute Gasteiger partial charge is 0.319 e. The Kier molecular flexibility index (Phi) is 5.25. The molecule has 5 rings (SSSR count). The molecule has 1 atom stereocenters. The largest absolute Gasteiger partial charge is 0.377 e. The highest BCUT2D eigenvalue weighted by Crippen LogP contribution is 2.54. The van der Waals surface area contributed by atoms with Gasteiger partial charge < -0.3 is 20.3 Å². The maximum atomic E-state index is 11.9. The zero-order chi connectivity index (χ0) is 21.6. The van der Waals surface area contributed by atoms with E-state index in [2.05, 4.69) is 27.4 Å². The van der Waals surface area contributed by atoms with Crippen LogP contribution in [0.4, 0.5) is 16.3 Å². The number of carbonyl (C=O) groups excluding carboxylic acids is 1. The van der Waals surface area contributed by atoms with Crippen LogP contribution in [0, 0.1) is 0 Å². The summed E-state index contributed by atoms with van der Waals surface area (Å²) in [6.07, 6.45) is 2.08. The Morgan fingerprint density at radius 3 is 2.68 bits per heavy atom. The molecule has 3 heterocycles. The van der Waals surface area contributed by atoms with Gasteiger partial charge in [0, 0.05) is 29.4 Å². The number of nitrogens with zero attached hydrogens (tertiary/aromatic N) is 3. The van der Waals surface area contributed by atoms with Crippen molar-refractivity contribution in [3.05, 3.63) is 35.5 Å². The zero-order valence-electron chi connectivity index (χ0n) is 17.4. The maximum absolute atomic E-state index is 11.9. The van der Waals surface area contributed by atoms with Gasteiger partial charge in [0.2, 0.25) is 0 Å². The van der Waals surface area contributed by atoms with Gasteiger partial charge in [0.05, 0.1) is 36.5 Å². The molecule has 1 aromatic carbocycles. The lowest BCUT2D eigenvalue weighted by Gasteiger charge is -2.35. The number of anilines is 2. The number of rotatable bonds is 4. The standard InChI is InChI=1S/C21H27N5O4S/c1-13-10-30-9-8-26(13)20-17-11-31(28,29)12-18(17)24-19(25-20)14-2-4-15(5-3-14)22-21(27)23-16-6-7-16/h2-5,13,16,28-29H,6-12H2,1H3,(H2,22,23,27)/t13-/m1/s1. The first-order valence-electron chi connectivity index (χ1n) is 10.5. The van der Waals surface area contributed by atoms with Crippen molar-refractivity contribution >= 4 is 28.1 Å². The average Bonchev–Trinajstić information content (AvgIpc) is 3.47. The number of hydrogen-bond acceptors (Lipinski definition) is 7. The van der Waals surface area contributed by atoms with Crippen molar-refractivity contribution in [2.45, 2.75) is 43.4 Å². The van der Waals surface area contributed by atoms with Crippen molar-refractivity contribution in [3.63, 3.8) is 0 Å². The van der Waals surface area contributed by atoms with E-state index in [-0.39, 0.29) is 23.6 Å². The quantitative estimate of drug-likeness (QED) is 0.569. The Labute approximate surface area is 182 Å². The molecule has 3 aliphatic rings. The van der Waals surface area contributed by atoms with Crippen LogP contribution >= 0.6 is 10.6 Å². The van der Waals surface area contributed by atoms with Crippen molar-refractivity contribution in [2.24, 2.45) is 0 Å². The van der Waals surface area contributed by atoms with E-state index in [4.69, 9.17) is 9.72 Å². The van der Waals surface area contributed by atoms with Crippen LogP contribution in [0.25, 0.3) is 11.4 Å². The lowest BCUT2D eigenvalue weighted by Crippen LogP contribution is -2.44. The van der Waals surface area contributed by atoms with Crippen molar-refractivity contribution in [2.75, 3.05) is 30.0 Å². The van der Waals surface area contributed by atoms with Gasteiger partial charge in [0.25, 0.3) is 0 Å². The first kappa shape index (κ1) is 20.5. The van der Waals surface area contributed by atoms with Gasteiger partial charge in [-0.3, -0.25) is 9.11 Å². The highest BCUT2D eigenvalue weighted by molar-refractivity contribution is 8.23. The van der Waals surface area contributed by atoms with Crippen molar-refractivity contribution < 1.29 is 18.6 Å². The van der Waals surface area contributed by atoms with Gasteiger partial charge in [0.1, 0.15) is 5.82 Å². The third-order valence-corrected chi connectivity index (χ3v) is 7.25. The van der Waals surface area contributed by atoms with Gasteiger partial charge in [0.15, 0.2) is 5.82 Å². The number of carbonyl (C=O) groups is 1. The topological polar surface area (TPSA) is 120 Å². The molecule has 1 saturated heterocycles. The molecular weight excluding hydrogens is 418 g/mol. The summed E-state index contributed by atoms with van der Waals surface area (Å²) < 4.78 is 26.2. The van der Waals surface area contributed by atoms with Crippen LogP contribution in [0.2, 0.25) is 0 Å². The first-order chi connectivity index (χ1) is 14.9. The van der Waals surface area contributed by atoms with Crippen LogP contribution in [0.15, 0.2) is 24.3 Å². The molecule has 10 heteroatoms. The SMILES string of the molecule is C[C@@H]1COCCN1c1nc(-c2ccc(NC(=O)NC3CC3)cc2)nc2c1CS(O)(O)C2. The summed E-state index contributed by atoms with van der Waals surface area (Å²) >= 11 is 0. The van der Waals surface area contributed by atoms with E-state index in [1.807, 2.05) is 24.3 Å². The predicted molar refractivity (Wildman–Crippen MR) is 121 cm³/mol. The van der Waals surface area contributed by atoms with E-state index in [0.29, 0.717) is 43.0 Å². The Morgan fingerprint density at radius 1 is 1.19 bits per heavy atom. The summed E-state index contributed by atoms with van der Waals surface area (Å²) in [6, 6.07) is 7.62. The lowest BCUT2D eigenvalue weighted by atomic mass is 10.1. The van der Waals surface area contributed by atoms with Crippen molar-refractivity contribution in [1.29, 1.82) is 0 Å². The molecule has 9 nitrogen and oxygen atoms in total. The molecule has 0 radical (unpaired) electrons. The molecule has 1 aromatic heterocycles. The van der Waals surface area contributed by atoms with Crippen LogP contribution in [-0.2, 0) is 16.2 Å². The molecule has 2 amide bonds. The Balaban J connectivity index is 1.44. The zero-order valence-corrected chi connectivity index (χ0v) is 18.2. The molecule has 0 spiro atoms. The van der Waals surface area contributed by atoms with Gasteiger partial charge in [-0.2, -0.15) is 10.6 Å². The van der Waals surface area contributed by atoms with Crippen LogP contribution in [-0.4, -0.2) is 56.9 Å². The van der Waals surface area contributed by atoms with Crippen LogP contribution in [0.5, 0.6) is 0 Å². The fraction of sp³-hybridized carbons (Fsp3) is 0.476. The lowest BCUT2D eigenvalue weighted by molar-refractivity contribution is 0.0984. The number of amides is 2. The Hall–Kier alpha value is -2.40. The monoisotopic (exact) mass is 445 g/mol. The van der Waals surface area contributed by atoms with E-state index < -0.39 is 10.6 Å². The fourth-order valence-electron chi connectivity index (χ4n) is 3.98. The van der Waals surface area contributed by atoms with Gasteiger partial charge in [-0.25, -0.2) is 14.8 Å². The normalized spacial score (nSPS) is 23.2. The Bertz CT molecular complexity index is 996. The summed E-state index contributed by atoms with van der Waals surface area (Å²) in [6.45, 7) is 3.99. The van der Waals surface area contributed by atoms with E-state index in [9.17, 15) is 13.9 Å². The number of aromatic nitrogens is 2. The van der Waals surface area contributed by atoms with Crippen LogP contribution in [0.1, 0.15) is 31.0 Å². The fourth-order valence-corrected chi connectivity index (χ4v) is 5.51. The third-order valence-electron chi connectivity index (χ3n) is 5.77. The summed E-state index contributed by atoms with van der Waals surface area (Å²) in [5.41, 5.74) is 3.03. The second kappa shape index (κ2) is 7.94. The second-order valence-electron chi connectivity index (χ2n) is 8.45. The van der Waals surface area contributed by atoms with E-state index >= 15 is 0 Å². The summed E-state index contributed by atoms with van der Waals surface area (Å²) in [5, 5.41) is 5.73. The Morgan fingerprint density at radius 2 is 1.97 bits per heavy atom. The maximum Gasteiger partial charge on any atom is 0.319 e. The van der Waals surface area contributed by atoms with Gasteiger partial charge in [-0.1, -0.05) is 0 Å². The van der Waals surface area contributed by atoms with E-state index in [1.54, 1.807) is 0 Å². The number of benzene rings is 1. The number of fused-ring (bicyclic) bond motifs is 1. The van der Waals surface area contributed by atoms with Crippen molar-refractivity contribution in [1.82, 2.24) is 15.3 Å². The molecular formula is C21H27N5O4S. The second-order valence-corrected chi connectivity index (χ2v) is 10.6. The molecule has 2 aliphatic heterocycles. The van der Waals surface area contributed by atoms with Gasteiger partial charge >= 0.3 is 6.03 Å². The van der Waals surface area contributed by atoms with Gasteiger partial charge in [-0.05, 0) is 44.0 Å². The predicted octanol–water partition coefficient (Wildman–Crippen LogP) is 3.42. The highest BCUT2D eigenvalue weighted by Gasteiger charge is 2.34. The number of morpholine rings is 1. The van der Waals surface area contributed by atoms with Gasteiger partial charge in [-0.15, -0.1) is 0 Å². The number of nitrogens with one attached hydrogen (secondary N) is 2.